The number of phenols is 1. The number of carbonyl (C=O) groups is 19. The first-order valence-electron chi connectivity index (χ1n) is 41.0. The van der Waals surface area contributed by atoms with Crippen LogP contribution in [0.4, 0.5) is 0 Å². The van der Waals surface area contributed by atoms with Crippen molar-refractivity contribution in [3.8, 4) is 5.75 Å². The van der Waals surface area contributed by atoms with Crippen molar-refractivity contribution in [1.82, 2.24) is 94.4 Å². The Kier molecular flexibility index (Phi) is 47.4. The minimum Gasteiger partial charge on any atom is -0.508 e. The molecule has 0 saturated heterocycles. The van der Waals surface area contributed by atoms with E-state index in [1.165, 1.54) is 72.8 Å². The molecule has 0 saturated carbocycles. The zero-order chi connectivity index (χ0) is 96.1. The van der Waals surface area contributed by atoms with Gasteiger partial charge in [-0.3, -0.25) is 86.3 Å². The molecule has 29 N–H and O–H groups in total. The summed E-state index contributed by atoms with van der Waals surface area (Å²) in [6, 6.07) is -10.7. The highest BCUT2D eigenvalue weighted by Gasteiger charge is 2.40. The number of unbranched alkanes of at least 4 members (excludes halogenated alkanes) is 1. The molecule has 15 amide bonds. The molecule has 2 aromatic carbocycles. The van der Waals surface area contributed by atoms with E-state index < -0.39 is 267 Å². The van der Waals surface area contributed by atoms with Crippen LogP contribution in [-0.4, -0.2) is 302 Å². The quantitative estimate of drug-likeness (QED) is 0.0183. The molecule has 0 radical (unpaired) electrons. The number of primary amides is 1. The smallest absolute Gasteiger partial charge is 0.328 e. The van der Waals surface area contributed by atoms with Gasteiger partial charge in [-0.05, 0) is 119 Å². The number of aromatic nitrogens is 4. The van der Waals surface area contributed by atoms with Crippen LogP contribution in [0.1, 0.15) is 127 Å². The number of hydrogen-bond donors (Lipinski definition) is 26. The number of aliphatic hydroxyl groups excluding tert-OH is 2. The lowest BCUT2D eigenvalue weighted by molar-refractivity contribution is -0.145. The van der Waals surface area contributed by atoms with Crippen molar-refractivity contribution in [3.05, 3.63) is 102 Å². The second kappa shape index (κ2) is 56.4. The number of H-pyrrole nitrogens is 2. The van der Waals surface area contributed by atoms with Crippen molar-refractivity contribution in [2.45, 2.75) is 227 Å². The molecule has 49 heteroatoms. The molecule has 0 spiro atoms. The molecule has 0 unspecified atom stereocenters. The highest BCUT2D eigenvalue weighted by molar-refractivity contribution is 7.98. The standard InChI is InChI=1S/C80H117N21O26S2/c1-40(2)28-53(77(123)101-66(42(4)103)80(126)127)95-76(122)59(34-64(111)112)98-71(117)52(24-27-129-6)92-70(116)51(23-26-128-5)93-72(118)54(30-44-15-17-47(104)18-16-44)89-61(106)37-86-68(114)49(20-22-62(107)108)90-74(120)56(31-45-35-84-38-87-45)99-79(125)65(41(3)102)100-78(124)57(32-46-36-85-39-88-46)97-73(119)55(29-43-12-8-7-9-13-43)96-69(115)50(19-21-60(83)105)91-75(121)58(33-63(109)110)94-67(113)48(82)14-10-11-25-81/h7-9,12-13,15-18,35-36,38-42,48-59,65-66,102-104H,10-11,14,19-34,37,81-82H2,1-6H3,(H2,83,105)(H,84,87)(H,85,88)(H,86,114)(H,89,106)(H,90,120)(H,91,121)(H,92,116)(H,93,118)(H,94,113)(H,95,122)(H,96,115)(H,97,119)(H,98,117)(H,99,125)(H,100,124)(H,101,123)(H,107,108)(H,109,110)(H,111,112)(H,126,127)/t41-,42-,48+,49+,50+,51+,52+,53+,54+,55+,56+,57+,58+,59+,65+,66+/m1/s1. The fourth-order valence-corrected chi connectivity index (χ4v) is 13.5. The Hall–Kier alpha value is -12.9. The number of rotatable bonds is 61. The van der Waals surface area contributed by atoms with Gasteiger partial charge in [-0.25, -0.2) is 14.8 Å². The third-order valence-electron chi connectivity index (χ3n) is 19.4. The number of hydrogen-bond acceptors (Lipinski definition) is 28. The average molecular weight is 1850 g/mol. The van der Waals surface area contributed by atoms with E-state index in [0.29, 0.717) is 24.0 Å². The minimum absolute atomic E-state index is 0.0824. The van der Waals surface area contributed by atoms with E-state index in [1.54, 1.807) is 56.7 Å². The highest BCUT2D eigenvalue weighted by atomic mass is 32.2. The van der Waals surface area contributed by atoms with Gasteiger partial charge in [0.15, 0.2) is 6.04 Å². The monoisotopic (exact) mass is 1850 g/mol. The van der Waals surface area contributed by atoms with Gasteiger partial charge < -0.3 is 137 Å². The van der Waals surface area contributed by atoms with Gasteiger partial charge in [0.25, 0.3) is 0 Å². The largest absolute Gasteiger partial charge is 0.508 e. The molecule has 0 aliphatic heterocycles. The number of carboxylic acids is 4. The molecular formula is C80H117N21O26S2. The van der Waals surface area contributed by atoms with Crippen LogP contribution in [0, 0.1) is 5.92 Å². The fourth-order valence-electron chi connectivity index (χ4n) is 12.5. The Morgan fingerprint density at radius 3 is 1.22 bits per heavy atom. The van der Waals surface area contributed by atoms with Crippen LogP contribution in [0.15, 0.2) is 79.6 Å². The lowest BCUT2D eigenvalue weighted by Gasteiger charge is -2.28. The third kappa shape index (κ3) is 40.3. The molecule has 47 nitrogen and oxygen atoms in total. The summed E-state index contributed by atoms with van der Waals surface area (Å²) in [6.45, 7) is 4.75. The van der Waals surface area contributed by atoms with Gasteiger partial charge in [-0.15, -0.1) is 0 Å². The number of aliphatic carboxylic acids is 4. The molecule has 0 fully saturated rings. The molecule has 16 atom stereocenters. The predicted octanol–water partition coefficient (Wildman–Crippen LogP) is -6.54. The van der Waals surface area contributed by atoms with Crippen molar-refractivity contribution >= 4 is 136 Å². The number of phenolic OH excluding ortho intramolecular Hbond substituents is 1. The number of thioether (sulfide) groups is 2. The molecule has 0 aliphatic rings. The topological polar surface area (TPSA) is 770 Å². The van der Waals surface area contributed by atoms with E-state index in [0.717, 1.165) is 13.8 Å². The van der Waals surface area contributed by atoms with Gasteiger partial charge in [0.2, 0.25) is 88.6 Å². The second-order valence-electron chi connectivity index (χ2n) is 30.5. The van der Waals surface area contributed by atoms with Gasteiger partial charge in [-0.2, -0.15) is 23.5 Å². The molecule has 0 bridgehead atoms. The van der Waals surface area contributed by atoms with Gasteiger partial charge in [0.05, 0.1) is 61.7 Å². The van der Waals surface area contributed by atoms with E-state index in [-0.39, 0.29) is 79.6 Å². The Balaban J connectivity index is 1.62. The molecular weight excluding hydrogens is 1740 g/mol. The molecule has 0 aliphatic carbocycles. The van der Waals surface area contributed by atoms with Crippen molar-refractivity contribution in [2.24, 2.45) is 23.1 Å². The summed E-state index contributed by atoms with van der Waals surface area (Å²) in [5.41, 5.74) is 17.9. The number of nitrogens with one attached hydrogen (secondary N) is 16. The lowest BCUT2D eigenvalue weighted by atomic mass is 10.0. The molecule has 4 rings (SSSR count). The van der Waals surface area contributed by atoms with Crippen LogP contribution in [0.5, 0.6) is 5.75 Å². The van der Waals surface area contributed by atoms with Crippen LogP contribution in [0.2, 0.25) is 0 Å². The van der Waals surface area contributed by atoms with Crippen molar-refractivity contribution in [1.29, 1.82) is 0 Å². The SMILES string of the molecule is CSCC[C@H](NC(=O)[C@H](Cc1ccc(O)cc1)NC(=O)CNC(=O)[C@H](CCC(=O)O)NC(=O)[C@H](Cc1c[nH]cn1)NC(=O)[C@@H](NC(=O)[C@H](Cc1c[nH]cn1)NC(=O)[C@H](Cc1ccccc1)NC(=O)[C@H](CCC(N)=O)NC(=O)[C@H](CC(=O)O)NC(=O)[C@@H](N)CCCCN)[C@@H](C)O)C(=O)N[C@@H](CCSC)C(=O)N[C@@H](CC(=O)O)C(=O)N[C@@H](CC(C)C)C(=O)N[C@H](C(=O)O)[C@@H](C)O. The van der Waals surface area contributed by atoms with Crippen LogP contribution in [-0.2, 0) is 117 Å². The number of benzene rings is 2. The first-order valence-corrected chi connectivity index (χ1v) is 43.8. The van der Waals surface area contributed by atoms with Gasteiger partial charge in [-0.1, -0.05) is 62.7 Å². The summed E-state index contributed by atoms with van der Waals surface area (Å²) in [7, 11) is 0. The Morgan fingerprint density at radius 2 is 0.791 bits per heavy atom. The Morgan fingerprint density at radius 1 is 0.411 bits per heavy atom. The second-order valence-corrected chi connectivity index (χ2v) is 32.5. The number of aromatic hydroxyl groups is 1. The number of imidazole rings is 2. The maximum Gasteiger partial charge on any atom is 0.328 e. The number of aromatic amines is 2. The molecule has 129 heavy (non-hydrogen) atoms. The van der Waals surface area contributed by atoms with Crippen LogP contribution >= 0.6 is 23.5 Å². The Bertz CT molecular complexity index is 4420. The van der Waals surface area contributed by atoms with Crippen LogP contribution < -0.4 is 91.6 Å². The van der Waals surface area contributed by atoms with E-state index in [2.05, 4.69) is 94.4 Å². The zero-order valence-corrected chi connectivity index (χ0v) is 73.4. The summed E-state index contributed by atoms with van der Waals surface area (Å²) in [6.07, 6.45) is -0.839. The van der Waals surface area contributed by atoms with Crippen LogP contribution in [0.25, 0.3) is 0 Å². The third-order valence-corrected chi connectivity index (χ3v) is 20.7. The summed E-state index contributed by atoms with van der Waals surface area (Å²) in [4.78, 5) is 273. The maximum atomic E-state index is 14.8. The van der Waals surface area contributed by atoms with E-state index in [4.69, 9.17) is 17.2 Å². The van der Waals surface area contributed by atoms with E-state index in [1.807, 2.05) is 0 Å². The number of nitrogens with zero attached hydrogens (tertiary/aromatic N) is 2. The molecule has 710 valence electrons. The minimum atomic E-state index is -2.04. The van der Waals surface area contributed by atoms with Gasteiger partial charge >= 0.3 is 23.9 Å². The number of nitrogens with two attached hydrogens (primary N) is 3. The first kappa shape index (κ1) is 108. The predicted molar refractivity (Wildman–Crippen MR) is 462 cm³/mol. The molecule has 2 aromatic heterocycles. The normalized spacial score (nSPS) is 14.8. The van der Waals surface area contributed by atoms with Crippen LogP contribution in [0.3, 0.4) is 0 Å². The summed E-state index contributed by atoms with van der Waals surface area (Å²) in [5.74, 6) is -23.2. The number of carboxylic acid groups (broad SMARTS) is 4. The maximum absolute atomic E-state index is 14.8. The summed E-state index contributed by atoms with van der Waals surface area (Å²) < 4.78 is 0. The summed E-state index contributed by atoms with van der Waals surface area (Å²) in [5, 5.41) is 104. The van der Waals surface area contributed by atoms with Crippen molar-refractivity contribution < 1.29 is 127 Å². The first-order chi connectivity index (χ1) is 61.0. The number of amides is 15. The Labute approximate surface area is 749 Å². The van der Waals surface area contributed by atoms with Gasteiger partial charge in [0, 0.05) is 50.9 Å². The lowest BCUT2D eigenvalue weighted by Crippen LogP contribution is -2.62. The van der Waals surface area contributed by atoms with E-state index in [9.17, 15) is 127 Å². The molecule has 4 aromatic rings. The highest BCUT2D eigenvalue weighted by Crippen LogP contribution is 2.17. The number of carbonyl (C=O) groups excluding carboxylic acids is 15. The fraction of sp³-hybridized carbons (Fsp3) is 0.537. The van der Waals surface area contributed by atoms with Crippen molar-refractivity contribution in [3.63, 3.8) is 0 Å². The van der Waals surface area contributed by atoms with Crippen molar-refractivity contribution in [2.75, 3.05) is 37.1 Å². The number of aliphatic hydroxyl groups is 2. The zero-order valence-electron chi connectivity index (χ0n) is 71.8. The van der Waals surface area contributed by atoms with Gasteiger partial charge in [0.1, 0.15) is 78.3 Å². The molecule has 2 heterocycles. The average Bonchev–Trinajstić information content (AvgIpc) is 1.72. The summed E-state index contributed by atoms with van der Waals surface area (Å²) >= 11 is 2.46. The van der Waals surface area contributed by atoms with E-state index >= 15 is 0 Å².